The largest absolute Gasteiger partial charge is 0.522 e. The standard InChI is InChI=1S/C11H13ClF3NO/c12-6-5-9-1-3-10(4-2-9)16-7-8-17-11(13,14)15/h1-4,16H,5-8H2. The third-order valence-electron chi connectivity index (χ3n) is 2.03. The summed E-state index contributed by atoms with van der Waals surface area (Å²) in [6.07, 6.45) is -3.79. The van der Waals surface area contributed by atoms with Crippen LogP contribution in [0, 0.1) is 0 Å². The van der Waals surface area contributed by atoms with E-state index < -0.39 is 13.0 Å². The highest BCUT2D eigenvalue weighted by atomic mass is 35.5. The van der Waals surface area contributed by atoms with Crippen molar-refractivity contribution in [1.29, 1.82) is 0 Å². The van der Waals surface area contributed by atoms with Gasteiger partial charge in [0.1, 0.15) is 0 Å². The van der Waals surface area contributed by atoms with Crippen molar-refractivity contribution in [3.05, 3.63) is 29.8 Å². The molecule has 0 saturated carbocycles. The summed E-state index contributed by atoms with van der Waals surface area (Å²) >= 11 is 5.58. The minimum atomic E-state index is -4.56. The molecule has 17 heavy (non-hydrogen) atoms. The molecule has 0 radical (unpaired) electrons. The fourth-order valence-corrected chi connectivity index (χ4v) is 1.48. The van der Waals surface area contributed by atoms with Gasteiger partial charge >= 0.3 is 6.36 Å². The summed E-state index contributed by atoms with van der Waals surface area (Å²) in [7, 11) is 0. The fourth-order valence-electron chi connectivity index (χ4n) is 1.26. The predicted molar refractivity (Wildman–Crippen MR) is 61.4 cm³/mol. The van der Waals surface area contributed by atoms with Crippen LogP contribution in [0.15, 0.2) is 24.3 Å². The van der Waals surface area contributed by atoms with E-state index in [0.717, 1.165) is 17.7 Å². The van der Waals surface area contributed by atoms with Gasteiger partial charge in [0.15, 0.2) is 0 Å². The molecule has 0 unspecified atom stereocenters. The van der Waals surface area contributed by atoms with Crippen molar-refractivity contribution in [2.75, 3.05) is 24.3 Å². The molecule has 1 rings (SSSR count). The van der Waals surface area contributed by atoms with Crippen molar-refractivity contribution < 1.29 is 17.9 Å². The first-order valence-electron chi connectivity index (χ1n) is 5.11. The van der Waals surface area contributed by atoms with E-state index in [4.69, 9.17) is 11.6 Å². The van der Waals surface area contributed by atoms with E-state index in [1.165, 1.54) is 0 Å². The second-order valence-electron chi connectivity index (χ2n) is 3.36. The number of alkyl halides is 4. The summed E-state index contributed by atoms with van der Waals surface area (Å²) in [5, 5.41) is 2.83. The zero-order chi connectivity index (χ0) is 12.7. The summed E-state index contributed by atoms with van der Waals surface area (Å²) in [6, 6.07) is 7.37. The Morgan fingerprint density at radius 3 is 2.35 bits per heavy atom. The molecule has 2 nitrogen and oxygen atoms in total. The molecule has 0 atom stereocenters. The fraction of sp³-hybridized carbons (Fsp3) is 0.455. The van der Waals surface area contributed by atoms with Crippen LogP contribution in [0.5, 0.6) is 0 Å². The van der Waals surface area contributed by atoms with Gasteiger partial charge in [-0.25, -0.2) is 0 Å². The molecule has 1 aromatic rings. The highest BCUT2D eigenvalue weighted by molar-refractivity contribution is 6.17. The molecule has 0 heterocycles. The Labute approximate surface area is 103 Å². The van der Waals surface area contributed by atoms with Gasteiger partial charge in [-0.15, -0.1) is 24.8 Å². The summed E-state index contributed by atoms with van der Waals surface area (Å²) in [6.45, 7) is -0.304. The Morgan fingerprint density at radius 2 is 1.82 bits per heavy atom. The van der Waals surface area contributed by atoms with Gasteiger partial charge in [0.25, 0.3) is 0 Å². The van der Waals surface area contributed by atoms with Crippen LogP contribution in [-0.4, -0.2) is 25.4 Å². The first-order valence-corrected chi connectivity index (χ1v) is 5.64. The van der Waals surface area contributed by atoms with Gasteiger partial charge in [0.05, 0.1) is 6.61 Å². The maximum atomic E-state index is 11.7. The Hall–Kier alpha value is -0.940. The van der Waals surface area contributed by atoms with Gasteiger partial charge in [-0.1, -0.05) is 12.1 Å². The Balaban J connectivity index is 2.27. The quantitative estimate of drug-likeness (QED) is 0.630. The van der Waals surface area contributed by atoms with Crippen molar-refractivity contribution in [1.82, 2.24) is 0 Å². The maximum absolute atomic E-state index is 11.7. The van der Waals surface area contributed by atoms with Crippen LogP contribution in [0.3, 0.4) is 0 Å². The van der Waals surface area contributed by atoms with E-state index in [9.17, 15) is 13.2 Å². The number of aryl methyl sites for hydroxylation is 1. The van der Waals surface area contributed by atoms with Crippen molar-refractivity contribution in [2.24, 2.45) is 0 Å². The van der Waals surface area contributed by atoms with E-state index in [1.54, 1.807) is 12.1 Å². The van der Waals surface area contributed by atoms with Gasteiger partial charge in [0, 0.05) is 18.1 Å². The first-order chi connectivity index (χ1) is 8.01. The number of halogens is 4. The average Bonchev–Trinajstić information content (AvgIpc) is 2.26. The summed E-state index contributed by atoms with van der Waals surface area (Å²) < 4.78 is 38.6. The third kappa shape index (κ3) is 6.38. The number of benzene rings is 1. The number of rotatable bonds is 6. The molecule has 1 N–H and O–H groups in total. The van der Waals surface area contributed by atoms with Crippen LogP contribution in [0.2, 0.25) is 0 Å². The van der Waals surface area contributed by atoms with Crippen molar-refractivity contribution in [3.63, 3.8) is 0 Å². The Morgan fingerprint density at radius 1 is 1.18 bits per heavy atom. The van der Waals surface area contributed by atoms with Crippen LogP contribution >= 0.6 is 11.6 Å². The van der Waals surface area contributed by atoms with Crippen LogP contribution in [0.25, 0.3) is 0 Å². The van der Waals surface area contributed by atoms with E-state index in [0.29, 0.717) is 5.88 Å². The summed E-state index contributed by atoms with van der Waals surface area (Å²) in [5.74, 6) is 0.548. The average molecular weight is 268 g/mol. The van der Waals surface area contributed by atoms with Gasteiger partial charge in [-0.05, 0) is 24.1 Å². The van der Waals surface area contributed by atoms with Crippen LogP contribution in [-0.2, 0) is 11.2 Å². The van der Waals surface area contributed by atoms with E-state index in [-0.39, 0.29) is 6.54 Å². The SMILES string of the molecule is FC(F)(F)OCCNc1ccc(CCCl)cc1. The highest BCUT2D eigenvalue weighted by Crippen LogP contribution is 2.16. The lowest BCUT2D eigenvalue weighted by Crippen LogP contribution is -2.19. The van der Waals surface area contributed by atoms with Crippen molar-refractivity contribution in [2.45, 2.75) is 12.8 Å². The van der Waals surface area contributed by atoms with Gasteiger partial charge in [-0.3, -0.25) is 4.74 Å². The molecule has 0 bridgehead atoms. The lowest BCUT2D eigenvalue weighted by atomic mass is 10.1. The molecule has 0 spiro atoms. The molecule has 0 fully saturated rings. The third-order valence-corrected chi connectivity index (χ3v) is 2.22. The molecule has 0 aliphatic heterocycles. The summed E-state index contributed by atoms with van der Waals surface area (Å²) in [5.41, 5.74) is 1.85. The zero-order valence-corrected chi connectivity index (χ0v) is 9.81. The smallest absolute Gasteiger partial charge is 0.383 e. The number of nitrogens with one attached hydrogen (secondary N) is 1. The number of ether oxygens (including phenoxy) is 1. The van der Waals surface area contributed by atoms with Crippen LogP contribution in [0.4, 0.5) is 18.9 Å². The minimum Gasteiger partial charge on any atom is -0.383 e. The van der Waals surface area contributed by atoms with E-state index >= 15 is 0 Å². The molecule has 96 valence electrons. The molecule has 1 aromatic carbocycles. The molecular weight excluding hydrogens is 255 g/mol. The second kappa shape index (κ2) is 6.71. The normalized spacial score (nSPS) is 11.5. The summed E-state index contributed by atoms with van der Waals surface area (Å²) in [4.78, 5) is 0. The second-order valence-corrected chi connectivity index (χ2v) is 3.73. The maximum Gasteiger partial charge on any atom is 0.522 e. The van der Waals surface area contributed by atoms with Crippen LogP contribution < -0.4 is 5.32 Å². The molecule has 0 amide bonds. The Kier molecular flexibility index (Phi) is 5.58. The van der Waals surface area contributed by atoms with Gasteiger partial charge in [-0.2, -0.15) is 0 Å². The van der Waals surface area contributed by atoms with E-state index in [1.807, 2.05) is 12.1 Å². The number of hydrogen-bond donors (Lipinski definition) is 1. The zero-order valence-electron chi connectivity index (χ0n) is 9.06. The molecule has 0 aliphatic carbocycles. The molecular formula is C11H13ClF3NO. The first kappa shape index (κ1) is 14.1. The molecule has 6 heteroatoms. The lowest BCUT2D eigenvalue weighted by Gasteiger charge is -2.09. The number of anilines is 1. The predicted octanol–water partition coefficient (Wildman–Crippen LogP) is 3.42. The van der Waals surface area contributed by atoms with Crippen LogP contribution in [0.1, 0.15) is 5.56 Å². The lowest BCUT2D eigenvalue weighted by molar-refractivity contribution is -0.322. The van der Waals surface area contributed by atoms with Gasteiger partial charge < -0.3 is 5.32 Å². The van der Waals surface area contributed by atoms with E-state index in [2.05, 4.69) is 10.1 Å². The monoisotopic (exact) mass is 267 g/mol. The molecule has 0 aliphatic rings. The van der Waals surface area contributed by atoms with Crippen molar-refractivity contribution >= 4 is 17.3 Å². The number of hydrogen-bond acceptors (Lipinski definition) is 2. The molecule has 0 saturated heterocycles. The van der Waals surface area contributed by atoms with Crippen molar-refractivity contribution in [3.8, 4) is 0 Å². The molecule has 0 aromatic heterocycles. The topological polar surface area (TPSA) is 21.3 Å². The Bertz CT molecular complexity index is 326. The van der Waals surface area contributed by atoms with Gasteiger partial charge in [0.2, 0.25) is 0 Å². The minimum absolute atomic E-state index is 0.106. The highest BCUT2D eigenvalue weighted by Gasteiger charge is 2.28.